The van der Waals surface area contributed by atoms with Crippen LogP contribution in [0.15, 0.2) is 30.3 Å². The minimum Gasteiger partial charge on any atom is -0.384 e. The van der Waals surface area contributed by atoms with Crippen LogP contribution >= 0.6 is 0 Å². The first-order valence-electron chi connectivity index (χ1n) is 8.37. The molecule has 1 saturated carbocycles. The standard InChI is InChI=1S/C18H28N2O/c1-18(21,16-5-3-2-4-6-16)14-20-11-9-17(10-12-20)19-13-15-7-8-15/h2-6,15,17,19,21H,7-14H2,1H3. The van der Waals surface area contributed by atoms with Crippen molar-refractivity contribution in [3.05, 3.63) is 35.9 Å². The maximum Gasteiger partial charge on any atom is 0.0994 e. The van der Waals surface area contributed by atoms with Gasteiger partial charge in [0.05, 0.1) is 5.60 Å². The molecule has 3 heteroatoms. The number of hydrogen-bond donors (Lipinski definition) is 2. The largest absolute Gasteiger partial charge is 0.384 e. The van der Waals surface area contributed by atoms with Gasteiger partial charge in [0.2, 0.25) is 0 Å². The minimum absolute atomic E-state index is 0.684. The van der Waals surface area contributed by atoms with Gasteiger partial charge in [0.1, 0.15) is 0 Å². The average molecular weight is 288 g/mol. The number of hydrogen-bond acceptors (Lipinski definition) is 3. The number of nitrogens with zero attached hydrogens (tertiary/aromatic N) is 1. The molecule has 3 rings (SSSR count). The van der Waals surface area contributed by atoms with E-state index < -0.39 is 5.60 Å². The van der Waals surface area contributed by atoms with Gasteiger partial charge in [-0.05, 0) is 63.7 Å². The van der Waals surface area contributed by atoms with Gasteiger partial charge in [0.25, 0.3) is 0 Å². The number of piperidine rings is 1. The molecule has 1 aliphatic carbocycles. The highest BCUT2D eigenvalue weighted by atomic mass is 16.3. The van der Waals surface area contributed by atoms with Crippen molar-refractivity contribution in [2.75, 3.05) is 26.2 Å². The molecule has 1 atom stereocenters. The lowest BCUT2D eigenvalue weighted by atomic mass is 9.94. The van der Waals surface area contributed by atoms with E-state index in [0.717, 1.165) is 31.1 Å². The number of benzene rings is 1. The molecule has 1 aliphatic heterocycles. The molecule has 2 N–H and O–H groups in total. The smallest absolute Gasteiger partial charge is 0.0994 e. The molecular formula is C18H28N2O. The van der Waals surface area contributed by atoms with Gasteiger partial charge < -0.3 is 15.3 Å². The van der Waals surface area contributed by atoms with Crippen LogP contribution in [0.5, 0.6) is 0 Å². The zero-order valence-corrected chi connectivity index (χ0v) is 13.1. The maximum atomic E-state index is 10.7. The van der Waals surface area contributed by atoms with Crippen LogP contribution in [0.3, 0.4) is 0 Å². The van der Waals surface area contributed by atoms with Crippen LogP contribution in [-0.2, 0) is 5.60 Å². The molecule has 2 aliphatic rings. The number of aliphatic hydroxyl groups is 1. The molecule has 1 unspecified atom stereocenters. The molecule has 1 heterocycles. The summed E-state index contributed by atoms with van der Waals surface area (Å²) in [5.74, 6) is 0.960. The van der Waals surface area contributed by atoms with Crippen LogP contribution in [0.4, 0.5) is 0 Å². The summed E-state index contributed by atoms with van der Waals surface area (Å²) in [6.45, 7) is 6.05. The van der Waals surface area contributed by atoms with Crippen molar-refractivity contribution in [2.24, 2.45) is 5.92 Å². The second kappa shape index (κ2) is 6.47. The molecule has 116 valence electrons. The zero-order valence-electron chi connectivity index (χ0n) is 13.1. The molecule has 0 spiro atoms. The summed E-state index contributed by atoms with van der Waals surface area (Å²) in [5.41, 5.74) is 0.259. The third-order valence-electron chi connectivity index (χ3n) is 4.91. The van der Waals surface area contributed by atoms with Gasteiger partial charge in [0.15, 0.2) is 0 Å². The summed E-state index contributed by atoms with van der Waals surface area (Å²) in [5, 5.41) is 14.4. The van der Waals surface area contributed by atoms with Crippen LogP contribution in [0.2, 0.25) is 0 Å². The summed E-state index contributed by atoms with van der Waals surface area (Å²) in [7, 11) is 0. The molecule has 0 radical (unpaired) electrons. The fraction of sp³-hybridized carbons (Fsp3) is 0.667. The molecule has 1 aromatic rings. The Labute approximate surface area is 128 Å². The highest BCUT2D eigenvalue weighted by Gasteiger charge is 2.29. The van der Waals surface area contributed by atoms with Crippen molar-refractivity contribution in [2.45, 2.75) is 44.2 Å². The van der Waals surface area contributed by atoms with Crippen LogP contribution in [0.25, 0.3) is 0 Å². The van der Waals surface area contributed by atoms with E-state index in [-0.39, 0.29) is 0 Å². The quantitative estimate of drug-likeness (QED) is 0.843. The van der Waals surface area contributed by atoms with Gasteiger partial charge in [-0.25, -0.2) is 0 Å². The SMILES string of the molecule is CC(O)(CN1CCC(NCC2CC2)CC1)c1ccccc1. The number of β-amino-alcohol motifs (C(OH)–C–C–N with tert-alkyl or cyclic N) is 1. The van der Waals surface area contributed by atoms with E-state index in [0.29, 0.717) is 6.04 Å². The molecule has 0 aromatic heterocycles. The lowest BCUT2D eigenvalue weighted by Gasteiger charge is -2.37. The second-order valence-electron chi connectivity index (χ2n) is 7.04. The van der Waals surface area contributed by atoms with Gasteiger partial charge in [-0.1, -0.05) is 30.3 Å². The second-order valence-corrected chi connectivity index (χ2v) is 7.04. The third-order valence-corrected chi connectivity index (χ3v) is 4.91. The summed E-state index contributed by atoms with van der Waals surface area (Å²) >= 11 is 0. The molecule has 1 aromatic carbocycles. The lowest BCUT2D eigenvalue weighted by molar-refractivity contribution is 0.00783. The first-order valence-corrected chi connectivity index (χ1v) is 8.37. The van der Waals surface area contributed by atoms with Crippen LogP contribution < -0.4 is 5.32 Å². The Bertz CT molecular complexity index is 434. The van der Waals surface area contributed by atoms with E-state index in [1.54, 1.807) is 0 Å². The summed E-state index contributed by atoms with van der Waals surface area (Å²) in [6.07, 6.45) is 5.26. The fourth-order valence-corrected chi connectivity index (χ4v) is 3.27. The lowest BCUT2D eigenvalue weighted by Crippen LogP contribution is -2.47. The summed E-state index contributed by atoms with van der Waals surface area (Å²) in [4.78, 5) is 2.41. The van der Waals surface area contributed by atoms with Gasteiger partial charge in [-0.3, -0.25) is 0 Å². The first kappa shape index (κ1) is 15.0. The van der Waals surface area contributed by atoms with Crippen molar-refractivity contribution in [1.82, 2.24) is 10.2 Å². The number of rotatable bonds is 6. The number of nitrogens with one attached hydrogen (secondary N) is 1. The Morgan fingerprint density at radius 3 is 2.43 bits per heavy atom. The normalized spacial score (nSPS) is 23.9. The maximum absolute atomic E-state index is 10.7. The predicted molar refractivity (Wildman–Crippen MR) is 86.2 cm³/mol. The Morgan fingerprint density at radius 1 is 1.14 bits per heavy atom. The molecule has 0 amide bonds. The Balaban J connectivity index is 1.45. The Hall–Kier alpha value is -0.900. The summed E-state index contributed by atoms with van der Waals surface area (Å²) < 4.78 is 0. The monoisotopic (exact) mass is 288 g/mol. The van der Waals surface area contributed by atoms with Crippen molar-refractivity contribution in [3.63, 3.8) is 0 Å². The molecule has 21 heavy (non-hydrogen) atoms. The van der Waals surface area contributed by atoms with Crippen molar-refractivity contribution >= 4 is 0 Å². The average Bonchev–Trinajstić information content (AvgIpc) is 3.31. The van der Waals surface area contributed by atoms with Gasteiger partial charge in [-0.2, -0.15) is 0 Å². The Kier molecular flexibility index (Phi) is 4.63. The van der Waals surface area contributed by atoms with E-state index in [4.69, 9.17) is 0 Å². The third kappa shape index (κ3) is 4.29. The fourth-order valence-electron chi connectivity index (χ4n) is 3.27. The van der Waals surface area contributed by atoms with E-state index in [1.165, 1.54) is 32.2 Å². The predicted octanol–water partition coefficient (Wildman–Crippen LogP) is 2.36. The van der Waals surface area contributed by atoms with E-state index >= 15 is 0 Å². The van der Waals surface area contributed by atoms with Gasteiger partial charge in [-0.15, -0.1) is 0 Å². The molecular weight excluding hydrogens is 260 g/mol. The summed E-state index contributed by atoms with van der Waals surface area (Å²) in [6, 6.07) is 10.7. The van der Waals surface area contributed by atoms with Crippen LogP contribution in [-0.4, -0.2) is 42.2 Å². The van der Waals surface area contributed by atoms with Crippen molar-refractivity contribution in [1.29, 1.82) is 0 Å². The van der Waals surface area contributed by atoms with Crippen molar-refractivity contribution < 1.29 is 5.11 Å². The zero-order chi connectivity index (χ0) is 14.7. The highest BCUT2D eigenvalue weighted by molar-refractivity contribution is 5.21. The van der Waals surface area contributed by atoms with Crippen molar-refractivity contribution in [3.8, 4) is 0 Å². The van der Waals surface area contributed by atoms with Gasteiger partial charge in [0, 0.05) is 12.6 Å². The molecule has 3 nitrogen and oxygen atoms in total. The highest BCUT2D eigenvalue weighted by Crippen LogP contribution is 2.28. The Morgan fingerprint density at radius 2 is 1.81 bits per heavy atom. The molecule has 2 fully saturated rings. The van der Waals surface area contributed by atoms with E-state index in [1.807, 2.05) is 37.3 Å². The van der Waals surface area contributed by atoms with Crippen LogP contribution in [0.1, 0.15) is 38.2 Å². The van der Waals surface area contributed by atoms with E-state index in [9.17, 15) is 5.11 Å². The molecule has 0 bridgehead atoms. The van der Waals surface area contributed by atoms with Crippen LogP contribution in [0, 0.1) is 5.92 Å². The molecule has 1 saturated heterocycles. The van der Waals surface area contributed by atoms with Gasteiger partial charge >= 0.3 is 0 Å². The van der Waals surface area contributed by atoms with E-state index in [2.05, 4.69) is 10.2 Å². The minimum atomic E-state index is -0.754. The number of likely N-dealkylation sites (tertiary alicyclic amines) is 1. The topological polar surface area (TPSA) is 35.5 Å². The first-order chi connectivity index (χ1) is 10.1.